The van der Waals surface area contributed by atoms with Gasteiger partial charge in [-0.3, -0.25) is 19.3 Å². The van der Waals surface area contributed by atoms with Gasteiger partial charge in [0.05, 0.1) is 11.6 Å². The largest absolute Gasteiger partial charge is 0.480 e. The molecule has 0 bridgehead atoms. The van der Waals surface area contributed by atoms with Crippen molar-refractivity contribution in [2.24, 2.45) is 17.3 Å². The molecule has 7 nitrogen and oxygen atoms in total. The molecule has 5 unspecified atom stereocenters. The number of ether oxygens (including phenoxy) is 1. The Morgan fingerprint density at radius 2 is 1.86 bits per heavy atom. The molecule has 5 atom stereocenters. The number of carboxylic acids is 1. The Bertz CT molecular complexity index is 1110. The number of fused-ring (bicyclic) bond motifs is 1. The number of nitrogens with zero attached hydrogens (tertiary/aromatic N) is 2. The van der Waals surface area contributed by atoms with E-state index < -0.39 is 23.2 Å². The maximum Gasteiger partial charge on any atom is 0.323 e. The summed E-state index contributed by atoms with van der Waals surface area (Å²) in [7, 11) is 0. The molecule has 1 aromatic rings. The molecule has 2 aliphatic carbocycles. The van der Waals surface area contributed by atoms with Gasteiger partial charge in [0.2, 0.25) is 5.91 Å². The van der Waals surface area contributed by atoms with Crippen LogP contribution in [0.5, 0.6) is 0 Å². The Kier molecular flexibility index (Phi) is 10.5. The van der Waals surface area contributed by atoms with Gasteiger partial charge in [0, 0.05) is 42.0 Å². The van der Waals surface area contributed by atoms with Gasteiger partial charge < -0.3 is 14.7 Å². The second-order valence-electron chi connectivity index (χ2n) is 13.8. The molecule has 2 saturated carbocycles. The normalized spacial score (nSPS) is 30.9. The summed E-state index contributed by atoms with van der Waals surface area (Å²) in [6.45, 7) is 13.5. The zero-order valence-corrected chi connectivity index (χ0v) is 27.4. The third-order valence-corrected chi connectivity index (χ3v) is 11.3. The molecule has 1 aliphatic heterocycles. The molecule has 3 fully saturated rings. The van der Waals surface area contributed by atoms with Crippen molar-refractivity contribution in [1.82, 2.24) is 9.80 Å². The second kappa shape index (κ2) is 13.4. The minimum atomic E-state index is -0.996. The number of aliphatic carboxylic acids is 1. The minimum Gasteiger partial charge on any atom is -0.480 e. The molecule has 1 heterocycles. The van der Waals surface area contributed by atoms with Crippen LogP contribution in [0, 0.1) is 17.3 Å². The Morgan fingerprint density at radius 1 is 1.14 bits per heavy atom. The fourth-order valence-corrected chi connectivity index (χ4v) is 9.06. The number of hydrogen-bond acceptors (Lipinski definition) is 6. The maximum absolute atomic E-state index is 14.8. The lowest BCUT2D eigenvalue weighted by molar-refractivity contribution is -0.160. The molecule has 4 rings (SSSR count). The van der Waals surface area contributed by atoms with E-state index in [1.807, 2.05) is 25.1 Å². The van der Waals surface area contributed by atoms with E-state index >= 15 is 0 Å². The molecule has 8 heteroatoms. The van der Waals surface area contributed by atoms with E-state index in [1.165, 1.54) is 5.56 Å². The minimum absolute atomic E-state index is 0.109. The fourth-order valence-electron chi connectivity index (χ4n) is 7.79. The zero-order valence-electron chi connectivity index (χ0n) is 26.6. The highest BCUT2D eigenvalue weighted by Crippen LogP contribution is 2.70. The van der Waals surface area contributed by atoms with Crippen molar-refractivity contribution in [2.45, 2.75) is 110 Å². The van der Waals surface area contributed by atoms with E-state index in [-0.39, 0.29) is 35.6 Å². The molecular weight excluding hydrogens is 548 g/mol. The van der Waals surface area contributed by atoms with Gasteiger partial charge in [0.15, 0.2) is 5.78 Å². The summed E-state index contributed by atoms with van der Waals surface area (Å²) in [6.07, 6.45) is 5.86. The summed E-state index contributed by atoms with van der Waals surface area (Å²) < 4.78 is 6.55. The van der Waals surface area contributed by atoms with Gasteiger partial charge in [0.1, 0.15) is 12.1 Å². The summed E-state index contributed by atoms with van der Waals surface area (Å²) >= 11 is 1.72. The number of hydrogen-bond donors (Lipinski definition) is 1. The number of thioether (sulfide) groups is 1. The van der Waals surface area contributed by atoms with Crippen LogP contribution in [0.2, 0.25) is 0 Å². The maximum atomic E-state index is 14.8. The van der Waals surface area contributed by atoms with Crippen molar-refractivity contribution < 1.29 is 24.2 Å². The quantitative estimate of drug-likeness (QED) is 0.274. The topological polar surface area (TPSA) is 87.2 Å². The van der Waals surface area contributed by atoms with Gasteiger partial charge in [-0.2, -0.15) is 11.8 Å². The predicted octanol–water partition coefficient (Wildman–Crippen LogP) is 5.70. The van der Waals surface area contributed by atoms with Crippen molar-refractivity contribution in [3.8, 4) is 0 Å². The number of unbranched alkanes of at least 4 members (excludes halogenated alkanes) is 1. The Hall–Kier alpha value is -1.90. The number of benzene rings is 1. The first-order chi connectivity index (χ1) is 19.9. The van der Waals surface area contributed by atoms with Crippen molar-refractivity contribution >= 4 is 29.4 Å². The molecule has 3 aliphatic rings. The third-order valence-electron chi connectivity index (χ3n) is 10.2. The zero-order chi connectivity index (χ0) is 30.7. The van der Waals surface area contributed by atoms with Crippen LogP contribution in [0.1, 0.15) is 85.6 Å². The first-order valence-electron chi connectivity index (χ1n) is 16.0. The molecule has 0 spiro atoms. The lowest BCUT2D eigenvalue weighted by Crippen LogP contribution is -2.66. The van der Waals surface area contributed by atoms with E-state index in [0.717, 1.165) is 38.5 Å². The molecule has 0 radical (unpaired) electrons. The highest BCUT2D eigenvalue weighted by atomic mass is 32.2. The van der Waals surface area contributed by atoms with Crippen LogP contribution in [0.4, 0.5) is 0 Å². The summed E-state index contributed by atoms with van der Waals surface area (Å²) in [4.78, 5) is 45.0. The number of amides is 1. The number of rotatable bonds is 14. The van der Waals surface area contributed by atoms with E-state index in [4.69, 9.17) is 4.74 Å². The van der Waals surface area contributed by atoms with E-state index in [9.17, 15) is 19.5 Å². The van der Waals surface area contributed by atoms with Gasteiger partial charge in [0.25, 0.3) is 0 Å². The Balaban J connectivity index is 1.69. The number of Topliss-reactive ketones (excluding diaryl/α,β-unsaturated/α-hetero) is 1. The summed E-state index contributed by atoms with van der Waals surface area (Å²) in [5.41, 5.74) is -0.716. The molecule has 1 aromatic carbocycles. The molecule has 1 N–H and O–H groups in total. The van der Waals surface area contributed by atoms with Crippen LogP contribution in [-0.4, -0.2) is 87.0 Å². The average Bonchev–Trinajstić information content (AvgIpc) is 3.48. The van der Waals surface area contributed by atoms with E-state index in [1.54, 1.807) is 16.7 Å². The van der Waals surface area contributed by atoms with Crippen LogP contribution in [0.3, 0.4) is 0 Å². The van der Waals surface area contributed by atoms with Crippen LogP contribution < -0.4 is 0 Å². The van der Waals surface area contributed by atoms with Crippen molar-refractivity contribution in [3.05, 3.63) is 35.9 Å². The molecular formula is C34H52N2O5S. The third kappa shape index (κ3) is 6.32. The highest BCUT2D eigenvalue weighted by Gasteiger charge is 2.80. The van der Waals surface area contributed by atoms with Gasteiger partial charge >= 0.3 is 5.97 Å². The number of ketones is 1. The number of carbonyl (C=O) groups excluding carboxylic acids is 2. The molecule has 0 aromatic heterocycles. The fraction of sp³-hybridized carbons (Fsp3) is 0.735. The SMILES string of the molecule is CCCCOC12C(=O)C(C)(N(CCCc3ccccc3)C3CSCC(CC(C)C)N(CC(=O)O)C3=O)CCC1C2(C)C. The highest BCUT2D eigenvalue weighted by molar-refractivity contribution is 7.99. The Labute approximate surface area is 257 Å². The van der Waals surface area contributed by atoms with Gasteiger partial charge in [-0.15, -0.1) is 0 Å². The first kappa shape index (κ1) is 33.0. The Morgan fingerprint density at radius 3 is 2.50 bits per heavy atom. The van der Waals surface area contributed by atoms with Crippen molar-refractivity contribution in [3.63, 3.8) is 0 Å². The predicted molar refractivity (Wildman–Crippen MR) is 169 cm³/mol. The molecule has 1 amide bonds. The van der Waals surface area contributed by atoms with Crippen LogP contribution in [-0.2, 0) is 25.5 Å². The summed E-state index contributed by atoms with van der Waals surface area (Å²) in [6, 6.07) is 9.61. The van der Waals surface area contributed by atoms with Gasteiger partial charge in [-0.1, -0.05) is 71.4 Å². The van der Waals surface area contributed by atoms with Gasteiger partial charge in [-0.25, -0.2) is 0 Å². The van der Waals surface area contributed by atoms with Gasteiger partial charge in [-0.05, 0) is 56.9 Å². The summed E-state index contributed by atoms with van der Waals surface area (Å²) in [5.74, 6) is 0.738. The van der Waals surface area contributed by atoms with Crippen LogP contribution >= 0.6 is 11.8 Å². The molecule has 42 heavy (non-hydrogen) atoms. The number of carbonyl (C=O) groups is 3. The van der Waals surface area contributed by atoms with Crippen molar-refractivity contribution in [2.75, 3.05) is 31.2 Å². The summed E-state index contributed by atoms with van der Waals surface area (Å²) in [5, 5.41) is 9.81. The first-order valence-corrected chi connectivity index (χ1v) is 17.1. The monoisotopic (exact) mass is 600 g/mol. The molecule has 1 saturated heterocycles. The van der Waals surface area contributed by atoms with Crippen LogP contribution in [0.25, 0.3) is 0 Å². The van der Waals surface area contributed by atoms with E-state index in [0.29, 0.717) is 37.0 Å². The van der Waals surface area contributed by atoms with Crippen molar-refractivity contribution in [1.29, 1.82) is 0 Å². The van der Waals surface area contributed by atoms with Crippen LogP contribution in [0.15, 0.2) is 30.3 Å². The standard InChI is InChI=1S/C34H52N2O5S/c1-7-8-19-41-34-28(32(34,4)5)16-17-33(6,31(34)40)36(18-12-15-25-13-10-9-11-14-25)27-23-42-22-26(20-24(2)3)35(30(27)39)21-29(37)38/h9-11,13-14,24,26-28H,7-8,12,15-23H2,1-6H3,(H,37,38). The number of carboxylic acid groups (broad SMARTS) is 1. The lowest BCUT2D eigenvalue weighted by atomic mass is 9.77. The smallest absolute Gasteiger partial charge is 0.323 e. The number of aryl methyl sites for hydroxylation is 1. The molecule has 234 valence electrons. The average molecular weight is 601 g/mol. The lowest BCUT2D eigenvalue weighted by Gasteiger charge is -2.48. The second-order valence-corrected chi connectivity index (χ2v) is 14.9. The van der Waals surface area contributed by atoms with E-state index in [2.05, 4.69) is 51.7 Å².